The molecule has 88 valence electrons. The standard InChI is InChI=1S/C11H16ClN3O/c12-10-13-6-3-9(15-10)14-7-11(8-16)4-1-2-5-11/h3,6,16H,1-2,4-5,7-8H2,(H,13,14,15). The molecule has 0 saturated heterocycles. The number of halogens is 1. The number of aromatic nitrogens is 2. The molecule has 16 heavy (non-hydrogen) atoms. The molecule has 0 atom stereocenters. The van der Waals surface area contributed by atoms with Crippen LogP contribution in [0.25, 0.3) is 0 Å². The molecule has 1 fully saturated rings. The largest absolute Gasteiger partial charge is 0.396 e. The van der Waals surface area contributed by atoms with E-state index in [1.54, 1.807) is 12.3 Å². The van der Waals surface area contributed by atoms with Crippen LogP contribution in [0.5, 0.6) is 0 Å². The lowest BCUT2D eigenvalue weighted by atomic mass is 9.87. The second kappa shape index (κ2) is 4.97. The van der Waals surface area contributed by atoms with Gasteiger partial charge in [0.1, 0.15) is 5.82 Å². The average molecular weight is 242 g/mol. The number of anilines is 1. The Hall–Kier alpha value is -0.870. The van der Waals surface area contributed by atoms with Crippen LogP contribution in [-0.4, -0.2) is 28.2 Å². The Balaban J connectivity index is 1.95. The topological polar surface area (TPSA) is 58.0 Å². The summed E-state index contributed by atoms with van der Waals surface area (Å²) in [6, 6.07) is 1.78. The third-order valence-corrected chi connectivity index (χ3v) is 3.45. The molecule has 0 spiro atoms. The minimum Gasteiger partial charge on any atom is -0.396 e. The van der Waals surface area contributed by atoms with Crippen LogP contribution in [0, 0.1) is 5.41 Å². The van der Waals surface area contributed by atoms with Crippen LogP contribution in [0.4, 0.5) is 5.82 Å². The van der Waals surface area contributed by atoms with Crippen molar-refractivity contribution >= 4 is 17.4 Å². The van der Waals surface area contributed by atoms with Gasteiger partial charge in [-0.2, -0.15) is 0 Å². The third kappa shape index (κ3) is 2.62. The van der Waals surface area contributed by atoms with Gasteiger partial charge in [-0.05, 0) is 30.5 Å². The molecular weight excluding hydrogens is 226 g/mol. The fraction of sp³-hybridized carbons (Fsp3) is 0.636. The van der Waals surface area contributed by atoms with E-state index in [-0.39, 0.29) is 17.3 Å². The lowest BCUT2D eigenvalue weighted by Gasteiger charge is -2.26. The van der Waals surface area contributed by atoms with Crippen LogP contribution in [0.1, 0.15) is 25.7 Å². The van der Waals surface area contributed by atoms with Gasteiger partial charge in [0.2, 0.25) is 5.28 Å². The summed E-state index contributed by atoms with van der Waals surface area (Å²) in [7, 11) is 0. The van der Waals surface area contributed by atoms with E-state index in [4.69, 9.17) is 11.6 Å². The summed E-state index contributed by atoms with van der Waals surface area (Å²) in [4.78, 5) is 7.88. The summed E-state index contributed by atoms with van der Waals surface area (Å²) >= 11 is 5.70. The van der Waals surface area contributed by atoms with Gasteiger partial charge in [0.05, 0.1) is 6.61 Å². The summed E-state index contributed by atoms with van der Waals surface area (Å²) < 4.78 is 0. The summed E-state index contributed by atoms with van der Waals surface area (Å²) in [6.07, 6.45) is 6.18. The first-order valence-corrected chi connectivity index (χ1v) is 5.95. The second-order valence-electron chi connectivity index (χ2n) is 4.43. The van der Waals surface area contributed by atoms with Gasteiger partial charge in [-0.3, -0.25) is 0 Å². The summed E-state index contributed by atoms with van der Waals surface area (Å²) in [5.41, 5.74) is 0.0252. The van der Waals surface area contributed by atoms with Gasteiger partial charge in [-0.15, -0.1) is 0 Å². The molecule has 1 aromatic heterocycles. The highest BCUT2D eigenvalue weighted by molar-refractivity contribution is 6.28. The van der Waals surface area contributed by atoms with E-state index in [0.29, 0.717) is 0 Å². The minimum absolute atomic E-state index is 0.0252. The third-order valence-electron chi connectivity index (χ3n) is 3.27. The first kappa shape index (κ1) is 11.6. The van der Waals surface area contributed by atoms with Crippen molar-refractivity contribution in [1.29, 1.82) is 0 Å². The molecule has 1 heterocycles. The normalized spacial score (nSPS) is 18.6. The van der Waals surface area contributed by atoms with E-state index in [9.17, 15) is 5.11 Å². The maximum absolute atomic E-state index is 9.45. The fourth-order valence-corrected chi connectivity index (χ4v) is 2.37. The van der Waals surface area contributed by atoms with Gasteiger partial charge < -0.3 is 10.4 Å². The summed E-state index contributed by atoms with van der Waals surface area (Å²) in [5.74, 6) is 0.722. The van der Waals surface area contributed by atoms with E-state index < -0.39 is 0 Å². The molecule has 1 saturated carbocycles. The van der Waals surface area contributed by atoms with Gasteiger partial charge in [0.15, 0.2) is 0 Å². The molecule has 0 bridgehead atoms. The van der Waals surface area contributed by atoms with E-state index >= 15 is 0 Å². The number of aliphatic hydroxyl groups is 1. The Kier molecular flexibility index (Phi) is 3.61. The molecule has 0 aliphatic heterocycles. The van der Waals surface area contributed by atoms with Crippen LogP contribution in [0.2, 0.25) is 5.28 Å². The van der Waals surface area contributed by atoms with E-state index in [1.807, 2.05) is 0 Å². The Bertz CT molecular complexity index is 353. The van der Waals surface area contributed by atoms with Crippen LogP contribution in [0.3, 0.4) is 0 Å². The van der Waals surface area contributed by atoms with Crippen molar-refractivity contribution < 1.29 is 5.11 Å². The van der Waals surface area contributed by atoms with Crippen molar-refractivity contribution in [1.82, 2.24) is 9.97 Å². The van der Waals surface area contributed by atoms with E-state index in [0.717, 1.165) is 25.2 Å². The number of hydrogen-bond acceptors (Lipinski definition) is 4. The predicted octanol–water partition coefficient (Wildman–Crippen LogP) is 2.09. The lowest BCUT2D eigenvalue weighted by molar-refractivity contribution is 0.142. The maximum atomic E-state index is 9.45. The Morgan fingerprint density at radius 1 is 1.44 bits per heavy atom. The molecule has 5 heteroatoms. The molecule has 2 rings (SSSR count). The molecular formula is C11H16ClN3O. The number of nitrogens with one attached hydrogen (secondary N) is 1. The second-order valence-corrected chi connectivity index (χ2v) is 4.77. The van der Waals surface area contributed by atoms with Crippen molar-refractivity contribution in [3.63, 3.8) is 0 Å². The van der Waals surface area contributed by atoms with Crippen LogP contribution in [0.15, 0.2) is 12.3 Å². The SMILES string of the molecule is OCC1(CNc2ccnc(Cl)n2)CCCC1. The quantitative estimate of drug-likeness (QED) is 0.793. The Labute approximate surface area is 100 Å². The summed E-state index contributed by atoms with van der Waals surface area (Å²) in [5, 5.41) is 12.9. The van der Waals surface area contributed by atoms with Gasteiger partial charge in [0.25, 0.3) is 0 Å². The first-order chi connectivity index (χ1) is 7.74. The van der Waals surface area contributed by atoms with Crippen molar-refractivity contribution in [3.05, 3.63) is 17.5 Å². The van der Waals surface area contributed by atoms with E-state index in [1.165, 1.54) is 12.8 Å². The first-order valence-electron chi connectivity index (χ1n) is 5.57. The zero-order valence-electron chi connectivity index (χ0n) is 9.12. The van der Waals surface area contributed by atoms with Crippen LogP contribution in [-0.2, 0) is 0 Å². The van der Waals surface area contributed by atoms with Crippen LogP contribution >= 0.6 is 11.6 Å². The average Bonchev–Trinajstić information content (AvgIpc) is 2.76. The maximum Gasteiger partial charge on any atom is 0.224 e. The summed E-state index contributed by atoms with van der Waals surface area (Å²) in [6.45, 7) is 0.982. The number of nitrogens with zero attached hydrogens (tertiary/aromatic N) is 2. The highest BCUT2D eigenvalue weighted by atomic mass is 35.5. The van der Waals surface area contributed by atoms with Crippen molar-refractivity contribution in [3.8, 4) is 0 Å². The zero-order valence-corrected chi connectivity index (χ0v) is 9.87. The molecule has 0 amide bonds. The van der Waals surface area contributed by atoms with Crippen molar-refractivity contribution in [2.75, 3.05) is 18.5 Å². The van der Waals surface area contributed by atoms with Crippen molar-refractivity contribution in [2.45, 2.75) is 25.7 Å². The van der Waals surface area contributed by atoms with Crippen LogP contribution < -0.4 is 5.32 Å². The number of hydrogen-bond donors (Lipinski definition) is 2. The van der Waals surface area contributed by atoms with Gasteiger partial charge in [-0.25, -0.2) is 9.97 Å². The van der Waals surface area contributed by atoms with Gasteiger partial charge in [0, 0.05) is 18.2 Å². The molecule has 0 radical (unpaired) electrons. The molecule has 1 aliphatic carbocycles. The highest BCUT2D eigenvalue weighted by Crippen LogP contribution is 2.37. The Morgan fingerprint density at radius 2 is 2.19 bits per heavy atom. The lowest BCUT2D eigenvalue weighted by Crippen LogP contribution is -2.30. The minimum atomic E-state index is 0.0252. The monoisotopic (exact) mass is 241 g/mol. The molecule has 2 N–H and O–H groups in total. The smallest absolute Gasteiger partial charge is 0.224 e. The molecule has 1 aliphatic rings. The highest BCUT2D eigenvalue weighted by Gasteiger charge is 2.32. The van der Waals surface area contributed by atoms with Gasteiger partial charge in [-0.1, -0.05) is 12.8 Å². The van der Waals surface area contributed by atoms with Gasteiger partial charge >= 0.3 is 0 Å². The molecule has 4 nitrogen and oxygen atoms in total. The molecule has 0 aromatic carbocycles. The van der Waals surface area contributed by atoms with Crippen molar-refractivity contribution in [2.24, 2.45) is 5.41 Å². The number of rotatable bonds is 4. The zero-order chi connectivity index (χ0) is 11.4. The number of aliphatic hydroxyl groups excluding tert-OH is 1. The fourth-order valence-electron chi connectivity index (χ4n) is 2.23. The Morgan fingerprint density at radius 3 is 2.81 bits per heavy atom. The molecule has 1 aromatic rings. The predicted molar refractivity (Wildman–Crippen MR) is 63.5 cm³/mol. The molecule has 0 unspecified atom stereocenters. The van der Waals surface area contributed by atoms with E-state index in [2.05, 4.69) is 15.3 Å².